The number of aryl methyl sites for hydroxylation is 1. The molecule has 0 radical (unpaired) electrons. The van der Waals surface area contributed by atoms with Crippen LogP contribution in [0, 0.1) is 6.92 Å². The van der Waals surface area contributed by atoms with Gasteiger partial charge in [0.1, 0.15) is 0 Å². The normalized spacial score (nSPS) is 19.7. The Kier molecular flexibility index (Phi) is 5.14. The van der Waals surface area contributed by atoms with E-state index in [1.807, 2.05) is 24.4 Å². The van der Waals surface area contributed by atoms with Crippen LogP contribution >= 0.6 is 55.4 Å². The summed E-state index contributed by atoms with van der Waals surface area (Å²) in [7, 11) is 0. The van der Waals surface area contributed by atoms with E-state index in [9.17, 15) is 0 Å². The van der Waals surface area contributed by atoms with Crippen molar-refractivity contribution >= 4 is 66.2 Å². The molecule has 1 aliphatic rings. The average molecular weight is 509 g/mol. The third kappa shape index (κ3) is 3.33. The molecule has 1 aliphatic heterocycles. The molecule has 1 N–H and O–H groups in total. The minimum Gasteiger partial charge on any atom is -0.351 e. The second-order valence-corrected chi connectivity index (χ2v) is 9.81. The van der Waals surface area contributed by atoms with Gasteiger partial charge in [-0.05, 0) is 83.1 Å². The Morgan fingerprint density at radius 2 is 2.00 bits per heavy atom. The highest BCUT2D eigenvalue weighted by Gasteiger charge is 2.41. The molecule has 3 aromatic rings. The van der Waals surface area contributed by atoms with Gasteiger partial charge in [0.15, 0.2) is 5.11 Å². The van der Waals surface area contributed by atoms with Gasteiger partial charge in [0.05, 0.1) is 21.6 Å². The molecule has 0 bridgehead atoms. The first-order valence-corrected chi connectivity index (χ1v) is 10.9. The number of benzene rings is 1. The molecule has 7 heteroatoms. The number of thiophene rings is 1. The fourth-order valence-electron chi connectivity index (χ4n) is 3.19. The predicted octanol–water partition coefficient (Wildman–Crippen LogP) is 6.15. The van der Waals surface area contributed by atoms with E-state index in [2.05, 4.69) is 84.3 Å². The van der Waals surface area contributed by atoms with Gasteiger partial charge >= 0.3 is 0 Å². The van der Waals surface area contributed by atoms with Gasteiger partial charge in [-0.2, -0.15) is 0 Å². The summed E-state index contributed by atoms with van der Waals surface area (Å²) >= 11 is 14.6. The number of halogens is 2. The van der Waals surface area contributed by atoms with E-state index in [4.69, 9.17) is 12.2 Å². The number of nitrogens with one attached hydrogen (secondary N) is 1. The van der Waals surface area contributed by atoms with Crippen LogP contribution in [0.25, 0.3) is 0 Å². The number of hydrogen-bond acceptors (Lipinski definition) is 3. The Labute approximate surface area is 178 Å². The van der Waals surface area contributed by atoms with Crippen LogP contribution in [0.1, 0.15) is 28.2 Å². The van der Waals surface area contributed by atoms with Crippen LogP contribution in [-0.4, -0.2) is 10.1 Å². The molecule has 26 heavy (non-hydrogen) atoms. The first-order chi connectivity index (χ1) is 12.5. The lowest BCUT2D eigenvalue weighted by atomic mass is 10.0. The van der Waals surface area contributed by atoms with Crippen LogP contribution in [-0.2, 0) is 0 Å². The minimum atomic E-state index is -0.00166. The lowest BCUT2D eigenvalue weighted by Crippen LogP contribution is -2.29. The third-order valence-electron chi connectivity index (χ3n) is 4.40. The van der Waals surface area contributed by atoms with Gasteiger partial charge in [-0.25, -0.2) is 0 Å². The molecular formula is C19H15Br2N3S2. The van der Waals surface area contributed by atoms with Gasteiger partial charge < -0.3 is 10.2 Å². The van der Waals surface area contributed by atoms with Crippen LogP contribution in [0.2, 0.25) is 0 Å². The number of pyridine rings is 1. The van der Waals surface area contributed by atoms with Crippen molar-refractivity contribution in [2.75, 3.05) is 4.90 Å². The zero-order valence-corrected chi connectivity index (χ0v) is 18.6. The summed E-state index contributed by atoms with van der Waals surface area (Å²) in [4.78, 5) is 8.01. The van der Waals surface area contributed by atoms with Crippen LogP contribution in [0.15, 0.2) is 63.0 Å². The second kappa shape index (κ2) is 7.38. The van der Waals surface area contributed by atoms with E-state index in [0.717, 1.165) is 24.8 Å². The molecular weight excluding hydrogens is 494 g/mol. The Morgan fingerprint density at radius 3 is 2.65 bits per heavy atom. The third-order valence-corrected chi connectivity index (χ3v) is 7.30. The quantitative estimate of drug-likeness (QED) is 0.429. The molecule has 3 nitrogen and oxygen atoms in total. The maximum atomic E-state index is 5.73. The Morgan fingerprint density at radius 1 is 1.15 bits per heavy atom. The molecule has 0 aliphatic carbocycles. The van der Waals surface area contributed by atoms with Crippen LogP contribution in [0.3, 0.4) is 0 Å². The van der Waals surface area contributed by atoms with Crippen LogP contribution < -0.4 is 10.2 Å². The topological polar surface area (TPSA) is 28.2 Å². The predicted molar refractivity (Wildman–Crippen MR) is 119 cm³/mol. The standard InChI is InChI=1S/C19H15Br2N3S2/c1-11-10-12(5-6-13(11)20)24-18(15-7-8-16(21)26-15)17(23-19(24)25)14-4-2-3-9-22-14/h2-10,17-18H,1H3,(H,23,25). The van der Waals surface area contributed by atoms with E-state index in [0.29, 0.717) is 0 Å². The number of nitrogens with zero attached hydrogens (tertiary/aromatic N) is 2. The molecule has 2 aromatic heterocycles. The summed E-state index contributed by atoms with van der Waals surface area (Å²) in [5.74, 6) is 0. The van der Waals surface area contributed by atoms with E-state index in [1.54, 1.807) is 11.3 Å². The lowest BCUT2D eigenvalue weighted by Gasteiger charge is -2.27. The Balaban J connectivity index is 1.83. The van der Waals surface area contributed by atoms with Crippen molar-refractivity contribution in [3.8, 4) is 0 Å². The summed E-state index contributed by atoms with van der Waals surface area (Å²) in [6, 6.07) is 16.6. The molecule has 132 valence electrons. The van der Waals surface area contributed by atoms with Gasteiger partial charge in [0, 0.05) is 21.2 Å². The fourth-order valence-corrected chi connectivity index (χ4v) is 5.33. The summed E-state index contributed by atoms with van der Waals surface area (Å²) in [6.45, 7) is 2.09. The summed E-state index contributed by atoms with van der Waals surface area (Å²) < 4.78 is 2.20. The van der Waals surface area contributed by atoms with Gasteiger partial charge in [-0.1, -0.05) is 22.0 Å². The molecule has 1 saturated heterocycles. The smallest absolute Gasteiger partial charge is 0.174 e. The van der Waals surface area contributed by atoms with Crippen molar-refractivity contribution in [1.82, 2.24) is 10.3 Å². The highest BCUT2D eigenvalue weighted by molar-refractivity contribution is 9.11. The van der Waals surface area contributed by atoms with E-state index in [-0.39, 0.29) is 12.1 Å². The summed E-state index contributed by atoms with van der Waals surface area (Å²) in [6.07, 6.45) is 1.83. The van der Waals surface area contributed by atoms with E-state index in [1.165, 1.54) is 10.4 Å². The minimum absolute atomic E-state index is 0.00166. The molecule has 1 fully saturated rings. The monoisotopic (exact) mass is 507 g/mol. The SMILES string of the molecule is Cc1cc(N2C(=S)NC(c3ccccn3)C2c2ccc(Br)s2)ccc1Br. The second-order valence-electron chi connectivity index (χ2n) is 6.07. The summed E-state index contributed by atoms with van der Waals surface area (Å²) in [5.41, 5.74) is 3.24. The lowest BCUT2D eigenvalue weighted by molar-refractivity contribution is 0.575. The molecule has 0 amide bonds. The van der Waals surface area contributed by atoms with E-state index >= 15 is 0 Å². The average Bonchev–Trinajstić information content (AvgIpc) is 3.21. The van der Waals surface area contributed by atoms with Crippen molar-refractivity contribution in [2.45, 2.75) is 19.0 Å². The number of aromatic nitrogens is 1. The maximum Gasteiger partial charge on any atom is 0.174 e. The number of anilines is 1. The molecule has 2 unspecified atom stereocenters. The molecule has 0 spiro atoms. The van der Waals surface area contributed by atoms with Crippen molar-refractivity contribution < 1.29 is 0 Å². The van der Waals surface area contributed by atoms with Gasteiger partial charge in [0.2, 0.25) is 0 Å². The van der Waals surface area contributed by atoms with Crippen molar-refractivity contribution in [3.05, 3.63) is 79.1 Å². The number of thiocarbonyl (C=S) groups is 1. The molecule has 4 rings (SSSR count). The zero-order chi connectivity index (χ0) is 18.3. The molecule has 3 heterocycles. The van der Waals surface area contributed by atoms with Gasteiger partial charge in [0.25, 0.3) is 0 Å². The first-order valence-electron chi connectivity index (χ1n) is 8.06. The highest BCUT2D eigenvalue weighted by atomic mass is 79.9. The van der Waals surface area contributed by atoms with E-state index < -0.39 is 0 Å². The largest absolute Gasteiger partial charge is 0.351 e. The molecule has 1 aromatic carbocycles. The van der Waals surface area contributed by atoms with Crippen molar-refractivity contribution in [2.24, 2.45) is 0 Å². The van der Waals surface area contributed by atoms with Crippen molar-refractivity contribution in [3.63, 3.8) is 0 Å². The first kappa shape index (κ1) is 18.1. The molecule has 0 saturated carbocycles. The zero-order valence-electron chi connectivity index (χ0n) is 13.8. The Hall–Kier alpha value is -1.28. The van der Waals surface area contributed by atoms with Gasteiger partial charge in [-0.3, -0.25) is 4.98 Å². The van der Waals surface area contributed by atoms with Crippen molar-refractivity contribution in [1.29, 1.82) is 0 Å². The van der Waals surface area contributed by atoms with Crippen LogP contribution in [0.4, 0.5) is 5.69 Å². The Bertz CT molecular complexity index is 958. The summed E-state index contributed by atoms with van der Waals surface area (Å²) in [5, 5.41) is 4.20. The van der Waals surface area contributed by atoms with Gasteiger partial charge in [-0.15, -0.1) is 11.3 Å². The van der Waals surface area contributed by atoms with Crippen LogP contribution in [0.5, 0.6) is 0 Å². The number of rotatable bonds is 3. The number of hydrogen-bond donors (Lipinski definition) is 1. The highest BCUT2D eigenvalue weighted by Crippen LogP contribution is 2.44. The molecule has 2 atom stereocenters. The maximum absolute atomic E-state index is 5.73. The fraction of sp³-hybridized carbons (Fsp3) is 0.158.